The average Bonchev–Trinajstić information content (AvgIpc) is 2.47. The molecule has 2 aromatic rings. The molecule has 0 aliphatic carbocycles. The van der Waals surface area contributed by atoms with Gasteiger partial charge < -0.3 is 10.5 Å². The molecule has 0 unspecified atom stereocenters. The van der Waals surface area contributed by atoms with Crippen molar-refractivity contribution in [2.45, 2.75) is 37.9 Å². The molecule has 0 bridgehead atoms. The first-order valence-electron chi connectivity index (χ1n) is 7.22. The number of ether oxygens (including phenoxy) is 1. The second-order valence-electron chi connectivity index (χ2n) is 6.17. The Labute approximate surface area is 143 Å². The number of nitrogens with zero attached hydrogens (tertiary/aromatic N) is 2. The van der Waals surface area contributed by atoms with E-state index in [1.54, 1.807) is 32.9 Å². The van der Waals surface area contributed by atoms with Gasteiger partial charge in [-0.25, -0.2) is 4.98 Å². The van der Waals surface area contributed by atoms with Gasteiger partial charge in [-0.05, 0) is 45.2 Å². The van der Waals surface area contributed by atoms with Crippen LogP contribution in [0.4, 0.5) is 0 Å². The minimum atomic E-state index is -0.853. The molecule has 0 aliphatic heterocycles. The van der Waals surface area contributed by atoms with Crippen molar-refractivity contribution in [3.05, 3.63) is 34.1 Å². The number of primary amides is 1. The molecule has 0 saturated heterocycles. The Morgan fingerprint density at radius 2 is 2.00 bits per heavy atom. The number of aromatic nitrogens is 2. The van der Waals surface area contributed by atoms with Crippen molar-refractivity contribution < 1.29 is 14.3 Å². The zero-order chi connectivity index (χ0) is 18.1. The monoisotopic (exact) mass is 349 g/mol. The number of amides is 1. The van der Waals surface area contributed by atoms with Crippen molar-refractivity contribution in [3.63, 3.8) is 0 Å². The third-order valence-corrected chi connectivity index (χ3v) is 3.74. The summed E-state index contributed by atoms with van der Waals surface area (Å²) in [6.07, 6.45) is 1.85. The summed E-state index contributed by atoms with van der Waals surface area (Å²) in [6, 6.07) is 4.88. The fourth-order valence-corrected chi connectivity index (χ4v) is 2.55. The van der Waals surface area contributed by atoms with E-state index in [0.717, 1.165) is 4.57 Å². The molecule has 0 aliphatic rings. The standard InChI is InChI=1S/C16H19N3O4S/c1-16(2,3)23-12(20)8-19-14-9(5-6-11(18-14)24-4)7-10(13(17)21)15(19)22/h5-7H,8H2,1-4H3,(H2,17,21). The van der Waals surface area contributed by atoms with Gasteiger partial charge in [-0.3, -0.25) is 19.0 Å². The van der Waals surface area contributed by atoms with Gasteiger partial charge >= 0.3 is 5.97 Å². The average molecular weight is 349 g/mol. The fourth-order valence-electron chi connectivity index (χ4n) is 2.17. The zero-order valence-corrected chi connectivity index (χ0v) is 14.8. The molecule has 0 aromatic carbocycles. The van der Waals surface area contributed by atoms with Gasteiger partial charge in [0.15, 0.2) is 0 Å². The number of esters is 1. The molecule has 0 saturated carbocycles. The van der Waals surface area contributed by atoms with Gasteiger partial charge in [0.25, 0.3) is 11.5 Å². The summed E-state index contributed by atoms with van der Waals surface area (Å²) >= 11 is 1.40. The van der Waals surface area contributed by atoms with E-state index in [2.05, 4.69) is 4.98 Å². The summed E-state index contributed by atoms with van der Waals surface area (Å²) in [4.78, 5) is 40.6. The van der Waals surface area contributed by atoms with E-state index in [1.165, 1.54) is 17.8 Å². The van der Waals surface area contributed by atoms with Crippen molar-refractivity contribution in [3.8, 4) is 0 Å². The third kappa shape index (κ3) is 3.94. The van der Waals surface area contributed by atoms with Gasteiger partial charge in [-0.1, -0.05) is 0 Å². The largest absolute Gasteiger partial charge is 0.459 e. The van der Waals surface area contributed by atoms with Crippen LogP contribution in [-0.4, -0.2) is 33.3 Å². The van der Waals surface area contributed by atoms with Crippen LogP contribution in [0.2, 0.25) is 0 Å². The lowest BCUT2D eigenvalue weighted by atomic mass is 10.2. The molecule has 0 atom stereocenters. The van der Waals surface area contributed by atoms with Crippen molar-refractivity contribution >= 4 is 34.7 Å². The number of carbonyl (C=O) groups is 2. The van der Waals surface area contributed by atoms with E-state index in [0.29, 0.717) is 16.1 Å². The Morgan fingerprint density at radius 1 is 1.33 bits per heavy atom. The lowest BCUT2D eigenvalue weighted by molar-refractivity contribution is -0.155. The minimum Gasteiger partial charge on any atom is -0.459 e. The molecule has 7 nitrogen and oxygen atoms in total. The molecule has 8 heteroatoms. The van der Waals surface area contributed by atoms with Gasteiger partial charge in [-0.2, -0.15) is 0 Å². The Kier molecular flexibility index (Phi) is 4.98. The quantitative estimate of drug-likeness (QED) is 0.663. The number of hydrogen-bond donors (Lipinski definition) is 1. The van der Waals surface area contributed by atoms with Crippen LogP contribution in [0.1, 0.15) is 31.1 Å². The van der Waals surface area contributed by atoms with Crippen LogP contribution in [0.5, 0.6) is 0 Å². The summed E-state index contributed by atoms with van der Waals surface area (Å²) in [5, 5.41) is 1.23. The highest BCUT2D eigenvalue weighted by Crippen LogP contribution is 2.18. The zero-order valence-electron chi connectivity index (χ0n) is 14.0. The fraction of sp³-hybridized carbons (Fsp3) is 0.375. The normalized spacial score (nSPS) is 11.5. The van der Waals surface area contributed by atoms with Crippen molar-refractivity contribution in [1.82, 2.24) is 9.55 Å². The highest BCUT2D eigenvalue weighted by molar-refractivity contribution is 7.98. The molecule has 1 amide bonds. The smallest absolute Gasteiger partial charge is 0.326 e. The molecule has 0 fully saturated rings. The van der Waals surface area contributed by atoms with E-state index in [4.69, 9.17) is 10.5 Å². The Bertz CT molecular complexity index is 868. The number of hydrogen-bond acceptors (Lipinski definition) is 6. The molecule has 2 aromatic heterocycles. The number of thioether (sulfide) groups is 1. The highest BCUT2D eigenvalue weighted by atomic mass is 32.2. The second kappa shape index (κ2) is 6.64. The topological polar surface area (TPSA) is 104 Å². The molecule has 128 valence electrons. The van der Waals surface area contributed by atoms with Crippen LogP contribution in [0.25, 0.3) is 11.0 Å². The first-order chi connectivity index (χ1) is 11.1. The Morgan fingerprint density at radius 3 is 2.54 bits per heavy atom. The number of fused-ring (bicyclic) bond motifs is 1. The maximum atomic E-state index is 12.5. The van der Waals surface area contributed by atoms with E-state index < -0.39 is 23.0 Å². The van der Waals surface area contributed by atoms with Crippen LogP contribution in [0.3, 0.4) is 0 Å². The lowest BCUT2D eigenvalue weighted by Crippen LogP contribution is -2.34. The first-order valence-corrected chi connectivity index (χ1v) is 8.45. The van der Waals surface area contributed by atoms with Crippen molar-refractivity contribution in [1.29, 1.82) is 0 Å². The Hall–Kier alpha value is -2.35. The van der Waals surface area contributed by atoms with Gasteiger partial charge in [0.2, 0.25) is 0 Å². The third-order valence-electron chi connectivity index (χ3n) is 3.09. The second-order valence-corrected chi connectivity index (χ2v) is 6.99. The molecule has 24 heavy (non-hydrogen) atoms. The number of nitrogens with two attached hydrogens (primary N) is 1. The predicted molar refractivity (Wildman–Crippen MR) is 92.1 cm³/mol. The molecular weight excluding hydrogens is 330 g/mol. The summed E-state index contributed by atoms with van der Waals surface area (Å²) < 4.78 is 6.38. The summed E-state index contributed by atoms with van der Waals surface area (Å²) in [5.41, 5.74) is 4.04. The van der Waals surface area contributed by atoms with Crippen LogP contribution in [-0.2, 0) is 16.1 Å². The minimum absolute atomic E-state index is 0.190. The lowest BCUT2D eigenvalue weighted by Gasteiger charge is -2.20. The van der Waals surface area contributed by atoms with Crippen LogP contribution in [0, 0.1) is 0 Å². The van der Waals surface area contributed by atoms with Gasteiger partial charge in [-0.15, -0.1) is 11.8 Å². The van der Waals surface area contributed by atoms with Gasteiger partial charge in [0.1, 0.15) is 23.4 Å². The molecule has 2 N–H and O–H groups in total. The molecule has 2 rings (SSSR count). The molecule has 0 radical (unpaired) electrons. The summed E-state index contributed by atoms with van der Waals surface area (Å²) in [6.45, 7) is 4.85. The van der Waals surface area contributed by atoms with E-state index in [1.807, 2.05) is 6.26 Å². The number of carbonyl (C=O) groups excluding carboxylic acids is 2. The van der Waals surface area contributed by atoms with Crippen LogP contribution >= 0.6 is 11.8 Å². The van der Waals surface area contributed by atoms with Crippen molar-refractivity contribution in [2.24, 2.45) is 5.73 Å². The van der Waals surface area contributed by atoms with Gasteiger partial charge in [0.05, 0.1) is 5.03 Å². The summed E-state index contributed by atoms with van der Waals surface area (Å²) in [7, 11) is 0. The Balaban J connectivity index is 2.63. The SMILES string of the molecule is CSc1ccc2cc(C(N)=O)c(=O)n(CC(=O)OC(C)(C)C)c2n1. The van der Waals surface area contributed by atoms with Crippen LogP contribution < -0.4 is 11.3 Å². The van der Waals surface area contributed by atoms with Crippen LogP contribution in [0.15, 0.2) is 28.0 Å². The van der Waals surface area contributed by atoms with E-state index in [9.17, 15) is 14.4 Å². The molecule has 2 heterocycles. The molecular formula is C16H19N3O4S. The van der Waals surface area contributed by atoms with E-state index >= 15 is 0 Å². The maximum absolute atomic E-state index is 12.5. The first kappa shape index (κ1) is 18.0. The van der Waals surface area contributed by atoms with E-state index in [-0.39, 0.29) is 12.1 Å². The predicted octanol–water partition coefficient (Wildman–Crippen LogP) is 1.56. The van der Waals surface area contributed by atoms with Crippen molar-refractivity contribution in [2.75, 3.05) is 6.26 Å². The highest BCUT2D eigenvalue weighted by Gasteiger charge is 2.20. The number of pyridine rings is 2. The maximum Gasteiger partial charge on any atom is 0.326 e. The number of rotatable bonds is 4. The molecule has 0 spiro atoms. The summed E-state index contributed by atoms with van der Waals surface area (Å²) in [5.74, 6) is -1.45. The van der Waals surface area contributed by atoms with Gasteiger partial charge in [0, 0.05) is 5.39 Å².